The van der Waals surface area contributed by atoms with Crippen LogP contribution in [0.3, 0.4) is 0 Å². The van der Waals surface area contributed by atoms with E-state index in [4.69, 9.17) is 0 Å². The van der Waals surface area contributed by atoms with Gasteiger partial charge in [0.1, 0.15) is 5.78 Å². The molecule has 2 heteroatoms. The molecule has 1 saturated carbocycles. The maximum Gasteiger partial charge on any atom is 0.137 e. The van der Waals surface area contributed by atoms with Crippen molar-refractivity contribution in [3.05, 3.63) is 6.92 Å². The predicted octanol–water partition coefficient (Wildman–Crippen LogP) is 3.39. The summed E-state index contributed by atoms with van der Waals surface area (Å²) in [6, 6.07) is 0. The minimum absolute atomic E-state index is 0. The van der Waals surface area contributed by atoms with Crippen molar-refractivity contribution in [2.24, 2.45) is 11.8 Å². The Morgan fingerprint density at radius 1 is 1.44 bits per heavy atom. The molecule has 0 aromatic carbocycles. The van der Waals surface area contributed by atoms with E-state index in [1.807, 2.05) is 0 Å². The minimum atomic E-state index is 0. The average molecular weight is 294 g/mol. The Bertz CT molecular complexity index is 262. The molecule has 1 nitrogen and oxygen atoms in total. The van der Waals surface area contributed by atoms with E-state index >= 15 is 0 Å². The van der Waals surface area contributed by atoms with Crippen LogP contribution in [0, 0.1) is 30.6 Å². The fourth-order valence-corrected chi connectivity index (χ4v) is 2.06. The van der Waals surface area contributed by atoms with Crippen LogP contribution < -0.4 is 0 Å². The van der Waals surface area contributed by atoms with Crippen molar-refractivity contribution in [1.29, 1.82) is 0 Å². The molecule has 1 aliphatic carbocycles. The zero-order valence-electron chi connectivity index (χ0n) is 10.3. The van der Waals surface area contributed by atoms with Crippen molar-refractivity contribution < 1.29 is 37.5 Å². The Balaban J connectivity index is 0.00000225. The summed E-state index contributed by atoms with van der Waals surface area (Å²) in [6.45, 7) is 5.94. The number of rotatable bonds is 5. The normalized spacial score (nSPS) is 22.8. The third-order valence-corrected chi connectivity index (χ3v) is 3.12. The molecule has 1 aliphatic rings. The zero-order chi connectivity index (χ0) is 11.1. The average Bonchev–Trinajstić information content (AvgIpc) is 2.23. The summed E-state index contributed by atoms with van der Waals surface area (Å²) in [5.74, 6) is 7.50. The Labute approximate surface area is 125 Å². The largest absolute Gasteiger partial charge is 0.342 e. The van der Waals surface area contributed by atoms with E-state index in [1.165, 1.54) is 19.3 Å². The summed E-state index contributed by atoms with van der Waals surface area (Å²) < 4.78 is 0. The molecule has 0 N–H and O–H groups in total. The van der Waals surface area contributed by atoms with Gasteiger partial charge in [-0.2, -0.15) is 6.42 Å². The summed E-state index contributed by atoms with van der Waals surface area (Å²) in [7, 11) is 0. The van der Waals surface area contributed by atoms with E-state index in [-0.39, 0.29) is 38.6 Å². The smallest absolute Gasteiger partial charge is 0.137 e. The van der Waals surface area contributed by atoms with Crippen molar-refractivity contribution in [3.8, 4) is 11.8 Å². The predicted molar refractivity (Wildman–Crippen MR) is 63.1 cm³/mol. The molecule has 87 valence electrons. The van der Waals surface area contributed by atoms with Crippen LogP contribution in [0.4, 0.5) is 0 Å². The summed E-state index contributed by atoms with van der Waals surface area (Å²) in [6.07, 6.45) is 7.01. The molecule has 2 unspecified atom stereocenters. The van der Waals surface area contributed by atoms with Crippen LogP contribution in [-0.4, -0.2) is 5.78 Å². The Morgan fingerprint density at radius 3 is 2.75 bits per heavy atom. The molecule has 0 amide bonds. The monoisotopic (exact) mass is 294 g/mol. The molecule has 0 aromatic rings. The van der Waals surface area contributed by atoms with Crippen molar-refractivity contribution in [2.75, 3.05) is 0 Å². The Hall–Kier alpha value is 0.334. The molecule has 1 rings (SSSR count). The maximum absolute atomic E-state index is 11.4. The van der Waals surface area contributed by atoms with Crippen molar-refractivity contribution in [3.63, 3.8) is 0 Å². The van der Waals surface area contributed by atoms with Gasteiger partial charge in [0, 0.05) is 51.5 Å². The first-order valence-corrected chi connectivity index (χ1v) is 6.07. The molecule has 1 fully saturated rings. The summed E-state index contributed by atoms with van der Waals surface area (Å²) in [5.41, 5.74) is 0. The minimum Gasteiger partial charge on any atom is -0.342 e. The van der Waals surface area contributed by atoms with Gasteiger partial charge in [0.2, 0.25) is 0 Å². The first-order chi connectivity index (χ1) is 7.29. The molecule has 0 aliphatic heterocycles. The molecule has 0 saturated heterocycles. The topological polar surface area (TPSA) is 17.1 Å². The van der Waals surface area contributed by atoms with E-state index < -0.39 is 0 Å². The third-order valence-electron chi connectivity index (χ3n) is 3.12. The van der Waals surface area contributed by atoms with Crippen LogP contribution in [-0.2, 0) is 37.5 Å². The molecule has 1 radical (unpaired) electrons. The zero-order valence-corrected chi connectivity index (χ0v) is 13.1. The Morgan fingerprint density at radius 2 is 2.19 bits per heavy atom. The maximum atomic E-state index is 11.4. The number of hydrogen-bond acceptors (Lipinski definition) is 1. The van der Waals surface area contributed by atoms with Gasteiger partial charge in [-0.15, -0.1) is 11.8 Å². The first kappa shape index (κ1) is 16.3. The fraction of sp³-hybridized carbons (Fsp3) is 0.714. The van der Waals surface area contributed by atoms with Crippen molar-refractivity contribution in [1.82, 2.24) is 0 Å². The van der Waals surface area contributed by atoms with E-state index in [0.29, 0.717) is 11.7 Å². The quantitative estimate of drug-likeness (QED) is 0.561. The van der Waals surface area contributed by atoms with E-state index in [9.17, 15) is 4.79 Å². The van der Waals surface area contributed by atoms with Gasteiger partial charge in [-0.25, -0.2) is 0 Å². The first-order valence-electron chi connectivity index (χ1n) is 6.07. The number of ketones is 1. The number of carbonyl (C=O) groups excluding carboxylic acids is 1. The fourth-order valence-electron chi connectivity index (χ4n) is 2.06. The van der Waals surface area contributed by atoms with Gasteiger partial charge in [0.15, 0.2) is 0 Å². The van der Waals surface area contributed by atoms with Crippen molar-refractivity contribution >= 4 is 5.78 Å². The number of Topliss-reactive ketones (excluding diaryl/α,β-unsaturated/α-hetero) is 1. The van der Waals surface area contributed by atoms with Crippen molar-refractivity contribution in [2.45, 2.75) is 51.9 Å². The Kier molecular flexibility index (Phi) is 9.57. The second kappa shape index (κ2) is 9.37. The van der Waals surface area contributed by atoms with E-state index in [2.05, 4.69) is 25.7 Å². The SMILES string of the molecule is [CH2-]CCC#CCC1C(=O)CC1CCCC.[Y]. The molecule has 2 atom stereocenters. The summed E-state index contributed by atoms with van der Waals surface area (Å²) >= 11 is 0. The van der Waals surface area contributed by atoms with E-state index in [0.717, 1.165) is 25.7 Å². The van der Waals surface area contributed by atoms with Crippen LogP contribution in [0.1, 0.15) is 51.9 Å². The van der Waals surface area contributed by atoms with Gasteiger partial charge >= 0.3 is 0 Å². The van der Waals surface area contributed by atoms with Crippen LogP contribution in [0.2, 0.25) is 0 Å². The van der Waals surface area contributed by atoms with Gasteiger partial charge in [-0.1, -0.05) is 19.8 Å². The standard InChI is InChI=1S/C14H21O.Y/c1-3-5-7-8-10-13-12(9-6-4-2)11-14(13)15;/h12-13H,1,3-6,9-11H2,2H3;/q-1;. The molecule has 0 aromatic heterocycles. The summed E-state index contributed by atoms with van der Waals surface area (Å²) in [4.78, 5) is 11.4. The summed E-state index contributed by atoms with van der Waals surface area (Å²) in [5, 5.41) is 0. The van der Waals surface area contributed by atoms with Gasteiger partial charge < -0.3 is 6.92 Å². The van der Waals surface area contributed by atoms with Crippen LogP contribution in [0.5, 0.6) is 0 Å². The molecule has 16 heavy (non-hydrogen) atoms. The van der Waals surface area contributed by atoms with Crippen LogP contribution >= 0.6 is 0 Å². The van der Waals surface area contributed by atoms with E-state index in [1.54, 1.807) is 0 Å². The van der Waals surface area contributed by atoms with Gasteiger partial charge in [-0.05, 0) is 18.8 Å². The molecular weight excluding hydrogens is 273 g/mol. The van der Waals surface area contributed by atoms with Gasteiger partial charge in [-0.3, -0.25) is 4.79 Å². The van der Waals surface area contributed by atoms with Gasteiger partial charge in [0.25, 0.3) is 0 Å². The molecule has 0 bridgehead atoms. The van der Waals surface area contributed by atoms with Gasteiger partial charge in [0.05, 0.1) is 0 Å². The second-order valence-electron chi connectivity index (χ2n) is 4.34. The molecule has 0 heterocycles. The van der Waals surface area contributed by atoms with Crippen LogP contribution in [0.15, 0.2) is 0 Å². The van der Waals surface area contributed by atoms with Crippen LogP contribution in [0.25, 0.3) is 0 Å². The molecule has 0 spiro atoms. The molecular formula is C14H21OY-. The number of carbonyl (C=O) groups is 1. The number of unbranched alkanes of at least 4 members (excludes halogenated alkanes) is 2. The third kappa shape index (κ3) is 5.11. The number of hydrogen-bond donors (Lipinski definition) is 0. The second-order valence-corrected chi connectivity index (χ2v) is 4.34.